The van der Waals surface area contributed by atoms with Gasteiger partial charge in [-0.1, -0.05) is 0 Å². The fourth-order valence-corrected chi connectivity index (χ4v) is 5.45. The molecule has 3 aliphatic rings. The summed E-state index contributed by atoms with van der Waals surface area (Å²) in [6, 6.07) is -3.31. The van der Waals surface area contributed by atoms with Gasteiger partial charge >= 0.3 is 10.4 Å². The van der Waals surface area contributed by atoms with Crippen molar-refractivity contribution in [2.75, 3.05) is 13.2 Å². The zero-order valence-electron chi connectivity index (χ0n) is 23.1. The number of hydrogen-bond acceptors (Lipinski definition) is 17. The Morgan fingerprint density at radius 2 is 1.37 bits per heavy atom. The standard InChI is InChI=1S/C22H38N2O18S/c1-6-13(28)16(31)17(32)22(38-6)37-5-10-18(19(42-43(34,35)36)12(20(33)39-10)24-8(3)27)41-21-11(23-7(2)26)15(30)14(29)9(4-25)40-21/h6,9-22,25,28-33H,4-5H2,1-3H3,(H,23,26)(H,24,27)(H,34,35,36)/t6-,9+,10+,11+,12+,13+,14+,15+,16+,17-,18+,19+,20+,21-,22+/m0/s1. The molecule has 0 radical (unpaired) electrons. The highest BCUT2D eigenvalue weighted by Gasteiger charge is 2.54. The van der Waals surface area contributed by atoms with Crippen molar-refractivity contribution in [2.45, 2.75) is 113 Å². The Labute approximate surface area is 245 Å². The Kier molecular flexibility index (Phi) is 12.2. The van der Waals surface area contributed by atoms with E-state index in [0.717, 1.165) is 13.8 Å². The minimum absolute atomic E-state index is 0.730. The molecule has 3 aliphatic heterocycles. The number of aliphatic hydroxyl groups is 7. The molecule has 3 saturated heterocycles. The maximum Gasteiger partial charge on any atom is 0.397 e. The Hall–Kier alpha value is -1.67. The van der Waals surface area contributed by atoms with Crippen LogP contribution in [0.15, 0.2) is 0 Å². The first-order valence-corrected chi connectivity index (χ1v) is 14.4. The van der Waals surface area contributed by atoms with Crippen LogP contribution in [0.2, 0.25) is 0 Å². The summed E-state index contributed by atoms with van der Waals surface area (Å²) in [5.74, 6) is -1.54. The molecule has 0 aromatic heterocycles. The summed E-state index contributed by atoms with van der Waals surface area (Å²) in [5.41, 5.74) is 0. The molecule has 0 unspecified atom stereocenters. The number of nitrogens with one attached hydrogen (secondary N) is 2. The van der Waals surface area contributed by atoms with E-state index in [1.165, 1.54) is 6.92 Å². The van der Waals surface area contributed by atoms with Gasteiger partial charge in [0, 0.05) is 13.8 Å². The normalized spacial score (nSPS) is 44.0. The zero-order valence-corrected chi connectivity index (χ0v) is 24.0. The van der Waals surface area contributed by atoms with Crippen molar-refractivity contribution >= 4 is 22.2 Å². The molecular weight excluding hydrogens is 612 g/mol. The largest absolute Gasteiger partial charge is 0.397 e. The number of ether oxygens (including phenoxy) is 5. The molecule has 21 heteroatoms. The summed E-state index contributed by atoms with van der Waals surface area (Å²) in [4.78, 5) is 23.7. The lowest BCUT2D eigenvalue weighted by molar-refractivity contribution is -0.338. The third-order valence-electron chi connectivity index (χ3n) is 7.04. The summed E-state index contributed by atoms with van der Waals surface area (Å²) in [6.07, 6.45) is -22.0. The SMILES string of the molecule is CC(=O)N[C@@H]1[C@@H](OS(=O)(=O)O)[C@H](O[C@@H]2O[C@H](CO)[C@@H](O)[C@H](O)[C@H]2NC(C)=O)[C@@H](CO[C@@H]2O[C@@H](C)[C@@H](O)[C@@H](O)[C@@H]2O)O[C@H]1O. The molecule has 0 aliphatic carbocycles. The fraction of sp³-hybridized carbons (Fsp3) is 0.909. The lowest BCUT2D eigenvalue weighted by Gasteiger charge is -2.48. The van der Waals surface area contributed by atoms with Crippen LogP contribution in [0, 0.1) is 0 Å². The van der Waals surface area contributed by atoms with E-state index in [0.29, 0.717) is 0 Å². The van der Waals surface area contributed by atoms with Crippen LogP contribution in [0.25, 0.3) is 0 Å². The monoisotopic (exact) mass is 650 g/mol. The number of aliphatic hydroxyl groups excluding tert-OH is 7. The highest BCUT2D eigenvalue weighted by atomic mass is 32.3. The van der Waals surface area contributed by atoms with Gasteiger partial charge in [-0.2, -0.15) is 8.42 Å². The summed E-state index contributed by atoms with van der Waals surface area (Å²) < 4.78 is 65.7. The summed E-state index contributed by atoms with van der Waals surface area (Å²) in [5, 5.41) is 76.1. The van der Waals surface area contributed by atoms with Gasteiger partial charge in [-0.25, -0.2) is 4.18 Å². The molecule has 3 fully saturated rings. The van der Waals surface area contributed by atoms with E-state index < -0.39 is 127 Å². The van der Waals surface area contributed by atoms with E-state index in [4.69, 9.17) is 27.9 Å². The van der Waals surface area contributed by atoms with Gasteiger partial charge in [-0.05, 0) is 6.92 Å². The van der Waals surface area contributed by atoms with Crippen LogP contribution in [-0.2, 0) is 47.9 Å². The highest BCUT2D eigenvalue weighted by molar-refractivity contribution is 7.80. The van der Waals surface area contributed by atoms with E-state index in [9.17, 15) is 58.3 Å². The van der Waals surface area contributed by atoms with Crippen LogP contribution in [0.4, 0.5) is 0 Å². The van der Waals surface area contributed by atoms with Crippen molar-refractivity contribution in [2.24, 2.45) is 0 Å². The first-order valence-electron chi connectivity index (χ1n) is 13.1. The van der Waals surface area contributed by atoms with Crippen molar-refractivity contribution in [1.82, 2.24) is 10.6 Å². The maximum absolute atomic E-state index is 11.9. The van der Waals surface area contributed by atoms with Gasteiger partial charge in [0.05, 0.1) is 19.3 Å². The minimum Gasteiger partial charge on any atom is -0.394 e. The van der Waals surface area contributed by atoms with Gasteiger partial charge in [0.1, 0.15) is 67.0 Å². The van der Waals surface area contributed by atoms with Gasteiger partial charge < -0.3 is 70.1 Å². The Morgan fingerprint density at radius 1 is 0.767 bits per heavy atom. The molecule has 15 atom stereocenters. The second-order valence-corrected chi connectivity index (χ2v) is 11.4. The molecule has 250 valence electrons. The Morgan fingerprint density at radius 3 is 1.93 bits per heavy atom. The van der Waals surface area contributed by atoms with Gasteiger partial charge in [-0.15, -0.1) is 0 Å². The number of carbonyl (C=O) groups is 2. The molecule has 0 bridgehead atoms. The van der Waals surface area contributed by atoms with Crippen molar-refractivity contribution < 1.29 is 86.2 Å². The molecular formula is C22H38N2O18S. The summed E-state index contributed by atoms with van der Waals surface area (Å²) in [7, 11) is -5.35. The predicted molar refractivity (Wildman–Crippen MR) is 133 cm³/mol. The lowest BCUT2D eigenvalue weighted by Crippen LogP contribution is -2.69. The first kappa shape index (κ1) is 35.8. The lowest BCUT2D eigenvalue weighted by atomic mass is 9.94. The number of hydrogen-bond donors (Lipinski definition) is 10. The number of amides is 2. The maximum atomic E-state index is 11.9. The highest BCUT2D eigenvalue weighted by Crippen LogP contribution is 2.32. The molecule has 0 spiro atoms. The van der Waals surface area contributed by atoms with Gasteiger partial charge in [0.15, 0.2) is 18.9 Å². The second kappa shape index (κ2) is 14.6. The van der Waals surface area contributed by atoms with Crippen LogP contribution < -0.4 is 10.6 Å². The molecule has 3 heterocycles. The van der Waals surface area contributed by atoms with Crippen LogP contribution >= 0.6 is 0 Å². The Balaban J connectivity index is 1.99. The third kappa shape index (κ3) is 8.74. The topological polar surface area (TPSA) is 310 Å². The van der Waals surface area contributed by atoms with Crippen molar-refractivity contribution in [3.8, 4) is 0 Å². The quantitative estimate of drug-likeness (QED) is 0.0983. The van der Waals surface area contributed by atoms with E-state index >= 15 is 0 Å². The number of rotatable bonds is 10. The van der Waals surface area contributed by atoms with Crippen LogP contribution in [0.3, 0.4) is 0 Å². The van der Waals surface area contributed by atoms with Gasteiger partial charge in [0.25, 0.3) is 0 Å². The van der Waals surface area contributed by atoms with E-state index in [1.807, 2.05) is 0 Å². The fourth-order valence-electron chi connectivity index (χ4n) is 4.94. The Bertz CT molecular complexity index is 1070. The molecule has 2 amide bonds. The average molecular weight is 651 g/mol. The van der Waals surface area contributed by atoms with Crippen LogP contribution in [-0.4, -0.2) is 166 Å². The van der Waals surface area contributed by atoms with Crippen molar-refractivity contribution in [3.63, 3.8) is 0 Å². The predicted octanol–water partition coefficient (Wildman–Crippen LogP) is -6.43. The van der Waals surface area contributed by atoms with Crippen molar-refractivity contribution in [3.05, 3.63) is 0 Å². The molecule has 43 heavy (non-hydrogen) atoms. The van der Waals surface area contributed by atoms with E-state index in [2.05, 4.69) is 10.6 Å². The van der Waals surface area contributed by atoms with Gasteiger partial charge in [-0.3, -0.25) is 14.1 Å². The second-order valence-electron chi connectivity index (χ2n) is 10.3. The van der Waals surface area contributed by atoms with E-state index in [-0.39, 0.29) is 0 Å². The third-order valence-corrected chi connectivity index (χ3v) is 7.51. The van der Waals surface area contributed by atoms with Crippen LogP contribution in [0.1, 0.15) is 20.8 Å². The van der Waals surface area contributed by atoms with Crippen LogP contribution in [0.5, 0.6) is 0 Å². The minimum atomic E-state index is -5.35. The first-order chi connectivity index (χ1) is 19.9. The molecule has 10 N–H and O–H groups in total. The molecule has 3 rings (SSSR count). The summed E-state index contributed by atoms with van der Waals surface area (Å²) in [6.45, 7) is 1.84. The van der Waals surface area contributed by atoms with E-state index in [1.54, 1.807) is 0 Å². The number of carbonyl (C=O) groups excluding carboxylic acids is 2. The average Bonchev–Trinajstić information content (AvgIpc) is 2.90. The molecule has 0 aromatic carbocycles. The molecule has 0 aromatic rings. The van der Waals surface area contributed by atoms with Crippen molar-refractivity contribution in [1.29, 1.82) is 0 Å². The molecule has 20 nitrogen and oxygen atoms in total. The zero-order chi connectivity index (χ0) is 32.4. The summed E-state index contributed by atoms with van der Waals surface area (Å²) >= 11 is 0. The molecule has 0 saturated carbocycles. The smallest absolute Gasteiger partial charge is 0.394 e. The van der Waals surface area contributed by atoms with Gasteiger partial charge in [0.2, 0.25) is 11.8 Å².